The van der Waals surface area contributed by atoms with Crippen molar-refractivity contribution >= 4 is 17.0 Å². The minimum atomic E-state index is 0.268. The predicted octanol–water partition coefficient (Wildman–Crippen LogP) is 12.2. The molecule has 1 heteroatoms. The summed E-state index contributed by atoms with van der Waals surface area (Å²) in [6.45, 7) is 31.8. The normalized spacial score (nSPS) is 35.2. The zero-order valence-corrected chi connectivity index (χ0v) is 29.9. The van der Waals surface area contributed by atoms with Gasteiger partial charge in [0.15, 0.2) is 0 Å². The predicted molar refractivity (Wildman–Crippen MR) is 187 cm³/mol. The number of rotatable bonds is 4. The Morgan fingerprint density at radius 3 is 2.33 bits per heavy atom. The minimum absolute atomic E-state index is 0.268. The number of hydrogen-bond acceptors (Lipinski definition) is 0. The first-order valence-corrected chi connectivity index (χ1v) is 18.2. The lowest BCUT2D eigenvalue weighted by atomic mass is 9.45. The van der Waals surface area contributed by atoms with Crippen molar-refractivity contribution in [2.24, 2.45) is 63.1 Å². The van der Waals surface area contributed by atoms with Crippen molar-refractivity contribution in [2.75, 3.05) is 0 Å². The molecule has 0 amide bonds. The van der Waals surface area contributed by atoms with Crippen LogP contribution in [0.1, 0.15) is 149 Å². The molecule has 1 nitrogen and oxygen atoms in total. The summed E-state index contributed by atoms with van der Waals surface area (Å²) in [5.41, 5.74) is 9.14. The van der Waals surface area contributed by atoms with Crippen LogP contribution in [0.25, 0.3) is 17.0 Å². The summed E-state index contributed by atoms with van der Waals surface area (Å²) in [5, 5.41) is 1.58. The third-order valence-electron chi connectivity index (χ3n) is 13.8. The van der Waals surface area contributed by atoms with Gasteiger partial charge in [0.1, 0.15) is 0 Å². The molecule has 1 N–H and O–H groups in total. The van der Waals surface area contributed by atoms with Gasteiger partial charge in [0.2, 0.25) is 0 Å². The van der Waals surface area contributed by atoms with Crippen molar-refractivity contribution in [3.8, 4) is 0 Å². The molecule has 0 saturated heterocycles. The van der Waals surface area contributed by atoms with Crippen LogP contribution in [0.3, 0.4) is 0 Å². The Kier molecular flexibility index (Phi) is 7.70. The Bertz CT molecular complexity index is 1350. The van der Waals surface area contributed by atoms with Crippen molar-refractivity contribution < 1.29 is 0 Å². The summed E-state index contributed by atoms with van der Waals surface area (Å²) in [4.78, 5) is 4.16. The van der Waals surface area contributed by atoms with E-state index in [0.29, 0.717) is 28.1 Å². The zero-order valence-electron chi connectivity index (χ0n) is 29.9. The maximum atomic E-state index is 4.31. The summed E-state index contributed by atoms with van der Waals surface area (Å²) >= 11 is 0. The molecule has 0 spiro atoms. The van der Waals surface area contributed by atoms with E-state index in [4.69, 9.17) is 0 Å². The van der Waals surface area contributed by atoms with Crippen LogP contribution in [0.4, 0.5) is 0 Å². The highest BCUT2D eigenvalue weighted by molar-refractivity contribution is 5.91. The van der Waals surface area contributed by atoms with E-state index in [2.05, 4.69) is 106 Å². The van der Waals surface area contributed by atoms with E-state index in [9.17, 15) is 0 Å². The first-order chi connectivity index (χ1) is 19.9. The third kappa shape index (κ3) is 5.39. The van der Waals surface area contributed by atoms with Crippen molar-refractivity contribution in [3.05, 3.63) is 41.1 Å². The molecule has 9 unspecified atom stereocenters. The maximum absolute atomic E-state index is 4.31. The van der Waals surface area contributed by atoms with Crippen LogP contribution in [-0.2, 0) is 12.8 Å². The molecule has 43 heavy (non-hydrogen) atoms. The van der Waals surface area contributed by atoms with Gasteiger partial charge < -0.3 is 4.98 Å². The van der Waals surface area contributed by atoms with Crippen LogP contribution in [0.5, 0.6) is 0 Å². The summed E-state index contributed by atoms with van der Waals surface area (Å²) in [6, 6.07) is 4.74. The Hall–Kier alpha value is -1.50. The molecule has 9 atom stereocenters. The van der Waals surface area contributed by atoms with Gasteiger partial charge >= 0.3 is 0 Å². The van der Waals surface area contributed by atoms with Crippen LogP contribution in [-0.4, -0.2) is 4.98 Å². The fourth-order valence-electron chi connectivity index (χ4n) is 11.8. The Labute approximate surface area is 265 Å². The number of nitrogens with one attached hydrogen (secondary N) is 1. The number of aromatic nitrogens is 1. The SMILES string of the molecule is C=Cc1ccc2[nH]c3c(c2c1CC(CC(C)(C)C)C(C)(C)C)CC1CCC2C4CC(C)C(C(C)(C)C)CC4CCC2(C)C31. The van der Waals surface area contributed by atoms with Gasteiger partial charge in [0.05, 0.1) is 0 Å². The molecule has 6 rings (SSSR count). The second-order valence-electron chi connectivity index (χ2n) is 19.8. The standard InChI is InChI=1S/C42H65N/c1-13-26-15-17-35-36(31(26)23-29(40(6,7)8)24-39(3,4)5)32-21-28-14-16-33-30-20-25(2)34(41(9,10)11)22-27(30)18-19-42(33,12)37(28)38(32)43-35/h13,15,17,25,27-30,33-34,37,43H,1,14,16,18-24H2,2-12H3. The number of H-pyrrole nitrogens is 1. The molecular formula is C42H65N. The lowest BCUT2D eigenvalue weighted by Crippen LogP contribution is -2.52. The highest BCUT2D eigenvalue weighted by Gasteiger charge is 2.59. The second-order valence-corrected chi connectivity index (χ2v) is 19.8. The lowest BCUT2D eigenvalue weighted by Gasteiger charge is -2.60. The summed E-state index contributed by atoms with van der Waals surface area (Å²) < 4.78 is 0. The number of fused-ring (bicyclic) bond motifs is 9. The molecule has 1 aromatic carbocycles. The molecule has 1 aromatic heterocycles. The summed E-state index contributed by atoms with van der Waals surface area (Å²) in [5.74, 6) is 6.69. The van der Waals surface area contributed by atoms with Crippen LogP contribution >= 0.6 is 0 Å². The molecule has 3 saturated carbocycles. The van der Waals surface area contributed by atoms with E-state index >= 15 is 0 Å². The average Bonchev–Trinajstić information content (AvgIpc) is 3.42. The molecule has 4 aliphatic rings. The van der Waals surface area contributed by atoms with Crippen LogP contribution in [0.15, 0.2) is 18.7 Å². The van der Waals surface area contributed by atoms with Crippen LogP contribution < -0.4 is 0 Å². The van der Waals surface area contributed by atoms with Gasteiger partial charge in [-0.3, -0.25) is 0 Å². The lowest BCUT2D eigenvalue weighted by molar-refractivity contribution is -0.0948. The fraction of sp³-hybridized carbons (Fsp3) is 0.762. The Balaban J connectivity index is 1.38. The molecular weight excluding hydrogens is 518 g/mol. The number of hydrogen-bond donors (Lipinski definition) is 1. The van der Waals surface area contributed by atoms with E-state index in [-0.39, 0.29) is 5.41 Å². The summed E-state index contributed by atoms with van der Waals surface area (Å²) in [6.07, 6.45) is 14.6. The highest BCUT2D eigenvalue weighted by atomic mass is 14.8. The quantitative estimate of drug-likeness (QED) is 0.368. The first kappa shape index (κ1) is 31.5. The molecule has 0 radical (unpaired) electrons. The maximum Gasteiger partial charge on any atom is 0.0462 e. The van der Waals surface area contributed by atoms with Gasteiger partial charge in [-0.1, -0.05) is 94.9 Å². The molecule has 1 heterocycles. The van der Waals surface area contributed by atoms with E-state index in [1.54, 1.807) is 22.2 Å². The molecule has 4 aliphatic carbocycles. The van der Waals surface area contributed by atoms with Gasteiger partial charge in [-0.05, 0) is 144 Å². The molecule has 0 bridgehead atoms. The molecule has 0 aliphatic heterocycles. The number of aromatic amines is 1. The van der Waals surface area contributed by atoms with Gasteiger partial charge in [-0.25, -0.2) is 0 Å². The monoisotopic (exact) mass is 584 g/mol. The van der Waals surface area contributed by atoms with Crippen molar-refractivity contribution in [1.82, 2.24) is 4.98 Å². The van der Waals surface area contributed by atoms with Crippen molar-refractivity contribution in [1.29, 1.82) is 0 Å². The van der Waals surface area contributed by atoms with Gasteiger partial charge in [-0.2, -0.15) is 0 Å². The van der Waals surface area contributed by atoms with Gasteiger partial charge in [-0.15, -0.1) is 0 Å². The second kappa shape index (κ2) is 10.5. The van der Waals surface area contributed by atoms with E-state index in [1.807, 2.05) is 0 Å². The Morgan fingerprint density at radius 1 is 0.977 bits per heavy atom. The van der Waals surface area contributed by atoms with Crippen molar-refractivity contribution in [2.45, 2.75) is 140 Å². The Morgan fingerprint density at radius 2 is 1.70 bits per heavy atom. The van der Waals surface area contributed by atoms with Crippen molar-refractivity contribution in [3.63, 3.8) is 0 Å². The topological polar surface area (TPSA) is 15.8 Å². The molecule has 2 aromatic rings. The zero-order chi connectivity index (χ0) is 31.3. The smallest absolute Gasteiger partial charge is 0.0462 e. The summed E-state index contributed by atoms with van der Waals surface area (Å²) in [7, 11) is 0. The van der Waals surface area contributed by atoms with Crippen LogP contribution in [0, 0.1) is 63.1 Å². The van der Waals surface area contributed by atoms with Gasteiger partial charge in [0, 0.05) is 22.5 Å². The minimum Gasteiger partial charge on any atom is -0.358 e. The average molecular weight is 584 g/mol. The fourth-order valence-corrected chi connectivity index (χ4v) is 11.8. The van der Waals surface area contributed by atoms with E-state index in [0.717, 1.165) is 41.9 Å². The molecule has 3 fully saturated rings. The van der Waals surface area contributed by atoms with Gasteiger partial charge in [0.25, 0.3) is 0 Å². The van der Waals surface area contributed by atoms with E-state index < -0.39 is 0 Å². The molecule has 238 valence electrons. The highest BCUT2D eigenvalue weighted by Crippen LogP contribution is 2.68. The number of benzene rings is 1. The largest absolute Gasteiger partial charge is 0.358 e. The third-order valence-corrected chi connectivity index (χ3v) is 13.8. The van der Waals surface area contributed by atoms with E-state index in [1.165, 1.54) is 62.4 Å². The van der Waals surface area contributed by atoms with Crippen LogP contribution in [0.2, 0.25) is 0 Å². The first-order valence-electron chi connectivity index (χ1n) is 18.2.